The molecule has 0 N–H and O–H groups in total. The molecule has 1 unspecified atom stereocenters. The Bertz CT molecular complexity index is 594. The highest BCUT2D eigenvalue weighted by molar-refractivity contribution is 6.06. The monoisotopic (exact) mass is 322 g/mol. The summed E-state index contributed by atoms with van der Waals surface area (Å²) in [7, 11) is 4.30. The van der Waals surface area contributed by atoms with Crippen LogP contribution in [-0.4, -0.2) is 39.9 Å². The Morgan fingerprint density at radius 3 is 1.43 bits per heavy atom. The van der Waals surface area contributed by atoms with Gasteiger partial charge in [-0.3, -0.25) is 0 Å². The molecule has 0 aromatic rings. The van der Waals surface area contributed by atoms with Gasteiger partial charge in [0, 0.05) is 23.4 Å². The van der Waals surface area contributed by atoms with Crippen molar-refractivity contribution in [1.29, 1.82) is 0 Å². The van der Waals surface area contributed by atoms with E-state index in [0.717, 1.165) is 11.1 Å². The first-order valence-electron chi connectivity index (χ1n) is 7.68. The second-order valence-electron chi connectivity index (χ2n) is 7.00. The van der Waals surface area contributed by atoms with Gasteiger partial charge in [0.2, 0.25) is 0 Å². The van der Waals surface area contributed by atoms with Crippen LogP contribution in [0.15, 0.2) is 22.3 Å². The maximum absolute atomic E-state index is 12.6. The number of methoxy groups -OCH3 is 3. The minimum Gasteiger partial charge on any atom is -0.466 e. The predicted molar refractivity (Wildman–Crippen MR) is 85.6 cm³/mol. The Kier molecular flexibility index (Phi) is 4.01. The summed E-state index contributed by atoms with van der Waals surface area (Å²) in [5.74, 6) is -0.961. The summed E-state index contributed by atoms with van der Waals surface area (Å²) < 4.78 is 15.5. The molecule has 0 radical (unpaired) electrons. The molecule has 0 aromatic heterocycles. The molecule has 23 heavy (non-hydrogen) atoms. The predicted octanol–water partition coefficient (Wildman–Crippen LogP) is 2.66. The van der Waals surface area contributed by atoms with Crippen LogP contribution in [0.25, 0.3) is 0 Å². The minimum atomic E-state index is -0.640. The van der Waals surface area contributed by atoms with E-state index in [9.17, 15) is 9.59 Å². The Hall–Kier alpha value is -1.62. The summed E-state index contributed by atoms with van der Waals surface area (Å²) in [6, 6.07) is 0. The number of carbonyl (C=O) groups excluding carboxylic acids is 2. The van der Waals surface area contributed by atoms with Crippen molar-refractivity contribution in [3.8, 4) is 0 Å². The summed E-state index contributed by atoms with van der Waals surface area (Å²) in [5.41, 5.74) is 1.22. The van der Waals surface area contributed by atoms with E-state index in [1.54, 1.807) is 7.11 Å². The van der Waals surface area contributed by atoms with Crippen LogP contribution >= 0.6 is 0 Å². The van der Waals surface area contributed by atoms with Crippen molar-refractivity contribution in [2.75, 3.05) is 27.9 Å². The molecule has 2 rings (SSSR count). The lowest BCUT2D eigenvalue weighted by atomic mass is 9.59. The third-order valence-corrected chi connectivity index (χ3v) is 6.73. The van der Waals surface area contributed by atoms with Crippen molar-refractivity contribution in [3.63, 3.8) is 0 Å². The number of rotatable bonds is 4. The topological polar surface area (TPSA) is 61.8 Å². The molecule has 0 saturated heterocycles. The first-order valence-corrected chi connectivity index (χ1v) is 7.68. The van der Waals surface area contributed by atoms with Crippen LogP contribution in [0.2, 0.25) is 0 Å². The fourth-order valence-electron chi connectivity index (χ4n) is 4.90. The zero-order valence-electron chi connectivity index (χ0n) is 15.2. The SMILES string of the molecule is COCC1(C)[C@@]2(C)C(C)=C(C)[C@]1(C)C(C(=O)OC)=C2C(=O)OC. The zero-order chi connectivity index (χ0) is 17.8. The Morgan fingerprint density at radius 2 is 1.17 bits per heavy atom. The van der Waals surface area contributed by atoms with Crippen molar-refractivity contribution >= 4 is 11.9 Å². The van der Waals surface area contributed by atoms with E-state index >= 15 is 0 Å². The van der Waals surface area contributed by atoms with Gasteiger partial charge in [0.1, 0.15) is 0 Å². The summed E-state index contributed by atoms with van der Waals surface area (Å²) in [6.07, 6.45) is 0. The van der Waals surface area contributed by atoms with Crippen molar-refractivity contribution in [1.82, 2.24) is 0 Å². The third kappa shape index (κ3) is 1.66. The molecular formula is C18H26O5. The van der Waals surface area contributed by atoms with Gasteiger partial charge < -0.3 is 14.2 Å². The molecule has 2 aliphatic carbocycles. The minimum absolute atomic E-state index is 0.400. The lowest BCUT2D eigenvalue weighted by molar-refractivity contribution is -0.140. The van der Waals surface area contributed by atoms with Crippen molar-refractivity contribution in [2.45, 2.75) is 34.6 Å². The normalized spacial score (nSPS) is 35.8. The van der Waals surface area contributed by atoms with Crippen LogP contribution in [-0.2, 0) is 23.8 Å². The fourth-order valence-corrected chi connectivity index (χ4v) is 4.90. The lowest BCUT2D eigenvalue weighted by Crippen LogP contribution is -2.45. The molecule has 0 saturated carbocycles. The van der Waals surface area contributed by atoms with Crippen LogP contribution in [0, 0.1) is 16.2 Å². The average molecular weight is 322 g/mol. The van der Waals surface area contributed by atoms with E-state index in [1.165, 1.54) is 14.2 Å². The number of esters is 2. The number of carbonyl (C=O) groups is 2. The van der Waals surface area contributed by atoms with Gasteiger partial charge in [0.15, 0.2) is 0 Å². The Labute approximate surface area is 137 Å². The fraction of sp³-hybridized carbons (Fsp3) is 0.667. The maximum atomic E-state index is 12.6. The number of ether oxygens (including phenoxy) is 3. The van der Waals surface area contributed by atoms with Gasteiger partial charge in [-0.15, -0.1) is 0 Å². The van der Waals surface area contributed by atoms with E-state index < -0.39 is 28.2 Å². The second kappa shape index (κ2) is 5.20. The van der Waals surface area contributed by atoms with E-state index in [0.29, 0.717) is 17.8 Å². The molecule has 0 heterocycles. The zero-order valence-corrected chi connectivity index (χ0v) is 15.2. The maximum Gasteiger partial charge on any atom is 0.335 e. The Morgan fingerprint density at radius 1 is 0.826 bits per heavy atom. The molecule has 0 spiro atoms. The molecule has 0 amide bonds. The molecule has 5 nitrogen and oxygen atoms in total. The van der Waals surface area contributed by atoms with Gasteiger partial charge in [0.05, 0.1) is 32.0 Å². The highest BCUT2D eigenvalue weighted by Gasteiger charge is 2.73. The smallest absolute Gasteiger partial charge is 0.335 e. The number of hydrogen-bond acceptors (Lipinski definition) is 5. The summed E-state index contributed by atoms with van der Waals surface area (Å²) >= 11 is 0. The Balaban J connectivity index is 2.90. The van der Waals surface area contributed by atoms with Crippen LogP contribution in [0.3, 0.4) is 0 Å². The first-order chi connectivity index (χ1) is 10.6. The highest BCUT2D eigenvalue weighted by atomic mass is 16.5. The summed E-state index contributed by atoms with van der Waals surface area (Å²) in [5, 5.41) is 0. The van der Waals surface area contributed by atoms with E-state index in [1.807, 2.05) is 27.7 Å². The van der Waals surface area contributed by atoms with E-state index in [2.05, 4.69) is 6.92 Å². The van der Waals surface area contributed by atoms with Gasteiger partial charge in [-0.2, -0.15) is 0 Å². The molecule has 2 aliphatic rings. The van der Waals surface area contributed by atoms with Gasteiger partial charge in [-0.25, -0.2) is 9.59 Å². The van der Waals surface area contributed by atoms with E-state index in [4.69, 9.17) is 14.2 Å². The second-order valence-corrected chi connectivity index (χ2v) is 7.00. The average Bonchev–Trinajstić information content (AvgIpc) is 2.75. The molecular weight excluding hydrogens is 296 g/mol. The van der Waals surface area contributed by atoms with Gasteiger partial charge in [-0.05, 0) is 13.8 Å². The standard InChI is InChI=1S/C18H26O5/c1-10-11(2)18(5)13(15(20)23-8)12(14(19)22-7)17(10,4)16(18,3)9-21-6/h9H2,1-8H3/t16?,17-,18+. The van der Waals surface area contributed by atoms with Crippen LogP contribution < -0.4 is 0 Å². The molecule has 3 atom stereocenters. The van der Waals surface area contributed by atoms with Crippen molar-refractivity contribution in [3.05, 3.63) is 22.3 Å². The summed E-state index contributed by atoms with van der Waals surface area (Å²) in [6.45, 7) is 10.5. The van der Waals surface area contributed by atoms with Gasteiger partial charge in [0.25, 0.3) is 0 Å². The summed E-state index contributed by atoms with van der Waals surface area (Å²) in [4.78, 5) is 25.2. The molecule has 0 fully saturated rings. The highest BCUT2D eigenvalue weighted by Crippen LogP contribution is 2.76. The molecule has 128 valence electrons. The quantitative estimate of drug-likeness (QED) is 0.588. The van der Waals surface area contributed by atoms with Crippen LogP contribution in [0.5, 0.6) is 0 Å². The molecule has 0 aromatic carbocycles. The van der Waals surface area contributed by atoms with Crippen LogP contribution in [0.4, 0.5) is 0 Å². The van der Waals surface area contributed by atoms with Crippen molar-refractivity contribution < 1.29 is 23.8 Å². The first kappa shape index (κ1) is 17.7. The number of fused-ring (bicyclic) bond motifs is 2. The largest absolute Gasteiger partial charge is 0.466 e. The molecule has 5 heteroatoms. The van der Waals surface area contributed by atoms with Crippen molar-refractivity contribution in [2.24, 2.45) is 16.2 Å². The molecule has 0 aliphatic heterocycles. The number of hydrogen-bond donors (Lipinski definition) is 0. The van der Waals surface area contributed by atoms with Gasteiger partial charge >= 0.3 is 11.9 Å². The molecule has 2 bridgehead atoms. The third-order valence-electron chi connectivity index (χ3n) is 6.73. The lowest BCUT2D eigenvalue weighted by Gasteiger charge is -2.45. The van der Waals surface area contributed by atoms with Gasteiger partial charge in [-0.1, -0.05) is 31.9 Å². The number of allylic oxidation sites excluding steroid dienone is 2. The van der Waals surface area contributed by atoms with E-state index in [-0.39, 0.29) is 0 Å². The van der Waals surface area contributed by atoms with Crippen LogP contribution in [0.1, 0.15) is 34.6 Å².